The molecule has 0 amide bonds. The summed E-state index contributed by atoms with van der Waals surface area (Å²) in [6.45, 7) is 4.27. The topological polar surface area (TPSA) is 21.3 Å². The van der Waals surface area contributed by atoms with E-state index in [0.29, 0.717) is 6.04 Å². The normalized spacial score (nSPS) is 27.1. The summed E-state index contributed by atoms with van der Waals surface area (Å²) in [6, 6.07) is 9.35. The Bertz CT molecular complexity index is 474. The van der Waals surface area contributed by atoms with Gasteiger partial charge in [-0.3, -0.25) is 0 Å². The zero-order chi connectivity index (χ0) is 13.8. The first-order chi connectivity index (χ1) is 9.83. The van der Waals surface area contributed by atoms with E-state index in [0.717, 1.165) is 19.4 Å². The fraction of sp³-hybridized carbons (Fsp3) is 0.556. The Morgan fingerprint density at radius 3 is 3.10 bits per heavy atom. The van der Waals surface area contributed by atoms with Gasteiger partial charge in [0.2, 0.25) is 0 Å². The third-order valence-corrected chi connectivity index (χ3v) is 4.45. The molecule has 2 aliphatic heterocycles. The maximum Gasteiger partial charge on any atom is 0.101 e. The highest BCUT2D eigenvalue weighted by Gasteiger charge is 2.19. The van der Waals surface area contributed by atoms with Gasteiger partial charge in [0.25, 0.3) is 0 Å². The minimum absolute atomic E-state index is 0.156. The third kappa shape index (κ3) is 3.31. The van der Waals surface area contributed by atoms with Crippen molar-refractivity contribution in [3.63, 3.8) is 0 Å². The van der Waals surface area contributed by atoms with Crippen molar-refractivity contribution in [1.29, 1.82) is 0 Å². The molecule has 3 rings (SSSR count). The molecule has 0 radical (unpaired) electrons. The largest absolute Gasteiger partial charge is 0.369 e. The second kappa shape index (κ2) is 6.55. The summed E-state index contributed by atoms with van der Waals surface area (Å²) in [4.78, 5) is 0. The van der Waals surface area contributed by atoms with Gasteiger partial charge in [-0.1, -0.05) is 42.3 Å². The minimum Gasteiger partial charge on any atom is -0.369 e. The van der Waals surface area contributed by atoms with E-state index < -0.39 is 0 Å². The number of hydrogen-bond acceptors (Lipinski definition) is 2. The van der Waals surface area contributed by atoms with Gasteiger partial charge < -0.3 is 10.1 Å². The predicted molar refractivity (Wildman–Crippen MR) is 82.9 cm³/mol. The molecule has 0 spiro atoms. The number of hydrogen-bond donors (Lipinski definition) is 1. The van der Waals surface area contributed by atoms with Crippen LogP contribution < -0.4 is 5.32 Å². The molecule has 0 saturated carbocycles. The van der Waals surface area contributed by atoms with Crippen LogP contribution in [0.5, 0.6) is 0 Å². The van der Waals surface area contributed by atoms with Crippen molar-refractivity contribution in [2.24, 2.45) is 0 Å². The van der Waals surface area contributed by atoms with Gasteiger partial charge in [-0.05, 0) is 50.3 Å². The minimum atomic E-state index is 0.156. The summed E-state index contributed by atoms with van der Waals surface area (Å²) in [7, 11) is 0. The first-order valence-corrected chi connectivity index (χ1v) is 7.93. The van der Waals surface area contributed by atoms with Crippen LogP contribution in [-0.2, 0) is 11.2 Å². The SMILES string of the molecule is C/C(=C/C1OCCc2ccccc21)CC1CCCCN1. The van der Waals surface area contributed by atoms with Crippen molar-refractivity contribution in [3.05, 3.63) is 47.0 Å². The fourth-order valence-corrected chi connectivity index (χ4v) is 3.38. The molecule has 2 heterocycles. The molecule has 1 fully saturated rings. The monoisotopic (exact) mass is 271 g/mol. The molecule has 108 valence electrons. The number of piperidine rings is 1. The van der Waals surface area contributed by atoms with Crippen molar-refractivity contribution in [3.8, 4) is 0 Å². The van der Waals surface area contributed by atoms with Crippen LogP contribution in [0.4, 0.5) is 0 Å². The third-order valence-electron chi connectivity index (χ3n) is 4.45. The van der Waals surface area contributed by atoms with Gasteiger partial charge in [0.05, 0.1) is 6.61 Å². The predicted octanol–water partition coefficient (Wildman–Crippen LogP) is 3.78. The highest BCUT2D eigenvalue weighted by molar-refractivity contribution is 5.33. The zero-order valence-electron chi connectivity index (χ0n) is 12.4. The molecule has 1 aromatic rings. The number of ether oxygens (including phenoxy) is 1. The molecular formula is C18H25NO. The fourth-order valence-electron chi connectivity index (χ4n) is 3.38. The number of fused-ring (bicyclic) bond motifs is 1. The molecular weight excluding hydrogens is 246 g/mol. The Labute approximate surface area is 122 Å². The Balaban J connectivity index is 1.68. The molecule has 2 unspecified atom stereocenters. The second-order valence-corrected chi connectivity index (χ2v) is 6.10. The summed E-state index contributed by atoms with van der Waals surface area (Å²) >= 11 is 0. The van der Waals surface area contributed by atoms with Crippen LogP contribution in [0, 0.1) is 0 Å². The van der Waals surface area contributed by atoms with E-state index in [1.807, 2.05) is 0 Å². The van der Waals surface area contributed by atoms with Gasteiger partial charge in [0.15, 0.2) is 0 Å². The summed E-state index contributed by atoms with van der Waals surface area (Å²) < 4.78 is 5.97. The summed E-state index contributed by atoms with van der Waals surface area (Å²) in [6.07, 6.45) is 8.70. The van der Waals surface area contributed by atoms with E-state index in [1.165, 1.54) is 42.5 Å². The zero-order valence-corrected chi connectivity index (χ0v) is 12.4. The summed E-state index contributed by atoms with van der Waals surface area (Å²) in [5.41, 5.74) is 4.25. The second-order valence-electron chi connectivity index (χ2n) is 6.10. The Hall–Kier alpha value is -1.12. The lowest BCUT2D eigenvalue weighted by Gasteiger charge is -2.26. The van der Waals surface area contributed by atoms with Gasteiger partial charge in [-0.15, -0.1) is 0 Å². The maximum absolute atomic E-state index is 5.97. The lowest BCUT2D eigenvalue weighted by atomic mass is 9.94. The lowest BCUT2D eigenvalue weighted by molar-refractivity contribution is 0.0743. The highest BCUT2D eigenvalue weighted by atomic mass is 16.5. The van der Waals surface area contributed by atoms with Crippen LogP contribution in [0.3, 0.4) is 0 Å². The summed E-state index contributed by atoms with van der Waals surface area (Å²) in [5, 5.41) is 3.62. The molecule has 1 aromatic carbocycles. The molecule has 1 saturated heterocycles. The molecule has 2 aliphatic rings. The van der Waals surface area contributed by atoms with E-state index >= 15 is 0 Å². The van der Waals surface area contributed by atoms with E-state index in [4.69, 9.17) is 4.74 Å². The smallest absolute Gasteiger partial charge is 0.101 e. The van der Waals surface area contributed by atoms with E-state index in [-0.39, 0.29) is 6.10 Å². The van der Waals surface area contributed by atoms with Gasteiger partial charge >= 0.3 is 0 Å². The maximum atomic E-state index is 5.97. The van der Waals surface area contributed by atoms with Crippen LogP contribution in [-0.4, -0.2) is 19.2 Å². The first kappa shape index (κ1) is 13.8. The van der Waals surface area contributed by atoms with Crippen LogP contribution in [0.1, 0.15) is 49.8 Å². The molecule has 20 heavy (non-hydrogen) atoms. The Morgan fingerprint density at radius 2 is 2.25 bits per heavy atom. The van der Waals surface area contributed by atoms with E-state index in [1.54, 1.807) is 0 Å². The number of benzene rings is 1. The van der Waals surface area contributed by atoms with E-state index in [9.17, 15) is 0 Å². The van der Waals surface area contributed by atoms with Crippen molar-refractivity contribution < 1.29 is 4.74 Å². The molecule has 1 N–H and O–H groups in total. The number of nitrogens with one attached hydrogen (secondary N) is 1. The van der Waals surface area contributed by atoms with Crippen LogP contribution in [0.2, 0.25) is 0 Å². The van der Waals surface area contributed by atoms with Gasteiger partial charge in [-0.25, -0.2) is 0 Å². The van der Waals surface area contributed by atoms with Crippen LogP contribution in [0.25, 0.3) is 0 Å². The molecule has 0 aromatic heterocycles. The van der Waals surface area contributed by atoms with Crippen molar-refractivity contribution in [2.75, 3.05) is 13.2 Å². The van der Waals surface area contributed by atoms with E-state index in [2.05, 4.69) is 42.6 Å². The quantitative estimate of drug-likeness (QED) is 0.845. The average Bonchev–Trinajstić information content (AvgIpc) is 2.48. The Morgan fingerprint density at radius 1 is 1.35 bits per heavy atom. The highest BCUT2D eigenvalue weighted by Crippen LogP contribution is 2.29. The molecule has 0 aliphatic carbocycles. The average molecular weight is 271 g/mol. The van der Waals surface area contributed by atoms with Crippen LogP contribution in [0.15, 0.2) is 35.9 Å². The van der Waals surface area contributed by atoms with Gasteiger partial charge in [-0.2, -0.15) is 0 Å². The van der Waals surface area contributed by atoms with Crippen molar-refractivity contribution in [1.82, 2.24) is 5.32 Å². The van der Waals surface area contributed by atoms with Gasteiger partial charge in [0, 0.05) is 6.04 Å². The van der Waals surface area contributed by atoms with Crippen LogP contribution >= 0.6 is 0 Å². The molecule has 2 atom stereocenters. The lowest BCUT2D eigenvalue weighted by Crippen LogP contribution is -2.34. The van der Waals surface area contributed by atoms with Crippen molar-refractivity contribution in [2.45, 2.75) is 51.2 Å². The first-order valence-electron chi connectivity index (χ1n) is 7.93. The standard InChI is InChI=1S/C18H25NO/c1-14(12-16-7-4-5-10-19-16)13-18-17-8-3-2-6-15(17)9-11-20-18/h2-3,6,8,13,16,18-19H,4-5,7,9-12H2,1H3/b14-13-. The summed E-state index contributed by atoms with van der Waals surface area (Å²) in [5.74, 6) is 0. The molecule has 2 nitrogen and oxygen atoms in total. The number of rotatable bonds is 3. The molecule has 0 bridgehead atoms. The Kier molecular flexibility index (Phi) is 4.54. The van der Waals surface area contributed by atoms with Gasteiger partial charge in [0.1, 0.15) is 6.10 Å². The van der Waals surface area contributed by atoms with Crippen molar-refractivity contribution >= 4 is 0 Å². The molecule has 2 heteroatoms.